The second kappa shape index (κ2) is 5.70. The lowest BCUT2D eigenvalue weighted by atomic mass is 10.3. The van der Waals surface area contributed by atoms with Gasteiger partial charge in [-0.2, -0.15) is 9.40 Å². The lowest BCUT2D eigenvalue weighted by Crippen LogP contribution is -2.28. The second-order valence-corrected chi connectivity index (χ2v) is 6.42. The fourth-order valence-corrected chi connectivity index (χ4v) is 3.19. The summed E-state index contributed by atoms with van der Waals surface area (Å²) in [6, 6.07) is 3.58. The summed E-state index contributed by atoms with van der Waals surface area (Å²) in [5.74, 6) is 0. The van der Waals surface area contributed by atoms with Gasteiger partial charge in [0.15, 0.2) is 5.03 Å². The molecule has 0 aromatic carbocycles. The predicted octanol–water partition coefficient (Wildman–Crippen LogP) is 0.393. The number of nitrogens with two attached hydrogens (primary N) is 1. The Balaban J connectivity index is 2.30. The molecule has 3 N–H and O–H groups in total. The summed E-state index contributed by atoms with van der Waals surface area (Å²) in [6.07, 6.45) is 3.27. The molecule has 7 nitrogen and oxygen atoms in total. The van der Waals surface area contributed by atoms with Crippen molar-refractivity contribution in [3.05, 3.63) is 41.3 Å². The Labute approximate surface area is 117 Å². The smallest absolute Gasteiger partial charge is 0.262 e. The maximum Gasteiger partial charge on any atom is 0.262 e. The van der Waals surface area contributed by atoms with Crippen LogP contribution in [0.1, 0.15) is 16.8 Å². The van der Waals surface area contributed by atoms with E-state index in [4.69, 9.17) is 5.73 Å². The van der Waals surface area contributed by atoms with E-state index < -0.39 is 10.0 Å². The SMILES string of the molecule is Cc1[nH]nc(S(=O)(=O)N(C)Cc2cccnc2)c1CN. The molecule has 0 amide bonds. The average molecular weight is 295 g/mol. The van der Waals surface area contributed by atoms with Crippen molar-refractivity contribution in [2.75, 3.05) is 7.05 Å². The lowest BCUT2D eigenvalue weighted by Gasteiger charge is -2.16. The summed E-state index contributed by atoms with van der Waals surface area (Å²) >= 11 is 0. The van der Waals surface area contributed by atoms with Crippen LogP contribution in [-0.2, 0) is 23.1 Å². The molecular weight excluding hydrogens is 278 g/mol. The van der Waals surface area contributed by atoms with Gasteiger partial charge in [-0.1, -0.05) is 6.07 Å². The van der Waals surface area contributed by atoms with Crippen molar-refractivity contribution in [1.29, 1.82) is 0 Å². The number of sulfonamides is 1. The van der Waals surface area contributed by atoms with Crippen molar-refractivity contribution >= 4 is 10.0 Å². The number of aryl methyl sites for hydroxylation is 1. The lowest BCUT2D eigenvalue weighted by molar-refractivity contribution is 0.462. The molecule has 2 heterocycles. The van der Waals surface area contributed by atoms with Crippen LogP contribution in [0.2, 0.25) is 0 Å². The van der Waals surface area contributed by atoms with Crippen LogP contribution < -0.4 is 5.73 Å². The molecule has 8 heteroatoms. The molecule has 0 saturated carbocycles. The minimum Gasteiger partial charge on any atom is -0.326 e. The first-order chi connectivity index (χ1) is 9.46. The summed E-state index contributed by atoms with van der Waals surface area (Å²) in [4.78, 5) is 3.97. The number of aromatic amines is 1. The molecule has 0 bridgehead atoms. The fraction of sp³-hybridized carbons (Fsp3) is 0.333. The van der Waals surface area contributed by atoms with Gasteiger partial charge in [-0.25, -0.2) is 8.42 Å². The second-order valence-electron chi connectivity index (χ2n) is 4.46. The van der Waals surface area contributed by atoms with E-state index in [1.54, 1.807) is 25.4 Å². The molecule has 0 aliphatic heterocycles. The quantitative estimate of drug-likeness (QED) is 0.830. The van der Waals surface area contributed by atoms with Gasteiger partial charge in [0.05, 0.1) is 0 Å². The predicted molar refractivity (Wildman–Crippen MR) is 74.1 cm³/mol. The zero-order valence-corrected chi connectivity index (χ0v) is 12.2. The fourth-order valence-electron chi connectivity index (χ4n) is 1.87. The summed E-state index contributed by atoms with van der Waals surface area (Å²) in [5.41, 5.74) is 7.58. The van der Waals surface area contributed by atoms with E-state index in [0.717, 1.165) is 5.56 Å². The average Bonchev–Trinajstić information content (AvgIpc) is 2.81. The van der Waals surface area contributed by atoms with Crippen LogP contribution in [0.15, 0.2) is 29.6 Å². The van der Waals surface area contributed by atoms with Crippen LogP contribution in [0.25, 0.3) is 0 Å². The first-order valence-electron chi connectivity index (χ1n) is 6.06. The van der Waals surface area contributed by atoms with Crippen LogP contribution in [0.3, 0.4) is 0 Å². The summed E-state index contributed by atoms with van der Waals surface area (Å²) in [7, 11) is -2.17. The highest BCUT2D eigenvalue weighted by atomic mass is 32.2. The van der Waals surface area contributed by atoms with Crippen LogP contribution in [0, 0.1) is 6.92 Å². The van der Waals surface area contributed by atoms with E-state index in [-0.39, 0.29) is 18.1 Å². The third-order valence-electron chi connectivity index (χ3n) is 3.02. The summed E-state index contributed by atoms with van der Waals surface area (Å²) in [5, 5.41) is 6.53. The largest absolute Gasteiger partial charge is 0.326 e. The summed E-state index contributed by atoms with van der Waals surface area (Å²) in [6.45, 7) is 2.10. The maximum atomic E-state index is 12.5. The molecule has 0 fully saturated rings. The minimum atomic E-state index is -3.68. The normalized spacial score (nSPS) is 12.0. The molecule has 0 saturated heterocycles. The van der Waals surface area contributed by atoms with Gasteiger partial charge < -0.3 is 5.73 Å². The van der Waals surface area contributed by atoms with Gasteiger partial charge in [-0.3, -0.25) is 10.1 Å². The molecule has 20 heavy (non-hydrogen) atoms. The maximum absolute atomic E-state index is 12.5. The Morgan fingerprint density at radius 3 is 2.80 bits per heavy atom. The van der Waals surface area contributed by atoms with Crippen molar-refractivity contribution in [3.63, 3.8) is 0 Å². The minimum absolute atomic E-state index is 0.0103. The first-order valence-corrected chi connectivity index (χ1v) is 7.50. The zero-order chi connectivity index (χ0) is 14.8. The Morgan fingerprint density at radius 1 is 1.45 bits per heavy atom. The molecule has 0 spiro atoms. The molecule has 2 aromatic rings. The van der Waals surface area contributed by atoms with Gasteiger partial charge in [0.25, 0.3) is 10.0 Å². The Bertz CT molecular complexity index is 681. The number of H-pyrrole nitrogens is 1. The molecule has 0 atom stereocenters. The molecule has 2 rings (SSSR count). The van der Waals surface area contributed by atoms with E-state index in [2.05, 4.69) is 15.2 Å². The number of aromatic nitrogens is 3. The highest BCUT2D eigenvalue weighted by Crippen LogP contribution is 2.20. The van der Waals surface area contributed by atoms with Gasteiger partial charge in [-0.05, 0) is 18.6 Å². The number of nitrogens with one attached hydrogen (secondary N) is 1. The number of pyridine rings is 1. The topological polar surface area (TPSA) is 105 Å². The van der Waals surface area contributed by atoms with Crippen LogP contribution in [0.5, 0.6) is 0 Å². The Kier molecular flexibility index (Phi) is 4.17. The van der Waals surface area contributed by atoms with E-state index in [0.29, 0.717) is 11.3 Å². The standard InChI is InChI=1S/C12H17N5O2S/c1-9-11(6-13)12(16-15-9)20(18,19)17(2)8-10-4-3-5-14-7-10/h3-5,7H,6,8,13H2,1-2H3,(H,15,16). The summed E-state index contributed by atoms with van der Waals surface area (Å²) < 4.78 is 26.2. The number of rotatable bonds is 5. The van der Waals surface area contributed by atoms with Crippen LogP contribution >= 0.6 is 0 Å². The van der Waals surface area contributed by atoms with Crippen molar-refractivity contribution in [1.82, 2.24) is 19.5 Å². The van der Waals surface area contributed by atoms with Gasteiger partial charge in [0.1, 0.15) is 0 Å². The molecule has 108 valence electrons. The van der Waals surface area contributed by atoms with Gasteiger partial charge >= 0.3 is 0 Å². The molecule has 0 aliphatic rings. The highest BCUT2D eigenvalue weighted by molar-refractivity contribution is 7.89. The van der Waals surface area contributed by atoms with E-state index in [9.17, 15) is 8.42 Å². The third-order valence-corrected chi connectivity index (χ3v) is 4.80. The third kappa shape index (κ3) is 2.72. The van der Waals surface area contributed by atoms with Crippen molar-refractivity contribution in [2.45, 2.75) is 25.0 Å². The van der Waals surface area contributed by atoms with Crippen molar-refractivity contribution in [3.8, 4) is 0 Å². The molecule has 2 aromatic heterocycles. The van der Waals surface area contributed by atoms with Crippen molar-refractivity contribution < 1.29 is 8.42 Å². The Hall–Kier alpha value is -1.77. The van der Waals surface area contributed by atoms with Crippen LogP contribution in [0.4, 0.5) is 0 Å². The van der Waals surface area contributed by atoms with E-state index in [1.807, 2.05) is 6.07 Å². The van der Waals surface area contributed by atoms with E-state index >= 15 is 0 Å². The van der Waals surface area contributed by atoms with Gasteiger partial charge in [0.2, 0.25) is 0 Å². The molecular formula is C12H17N5O2S. The molecule has 0 radical (unpaired) electrons. The number of hydrogen-bond acceptors (Lipinski definition) is 5. The van der Waals surface area contributed by atoms with Crippen molar-refractivity contribution in [2.24, 2.45) is 5.73 Å². The molecule has 0 aliphatic carbocycles. The number of nitrogens with zero attached hydrogens (tertiary/aromatic N) is 3. The highest BCUT2D eigenvalue weighted by Gasteiger charge is 2.27. The van der Waals surface area contributed by atoms with Gasteiger partial charge in [-0.15, -0.1) is 0 Å². The zero-order valence-electron chi connectivity index (χ0n) is 11.4. The molecule has 0 unspecified atom stereocenters. The monoisotopic (exact) mass is 295 g/mol. The number of hydrogen-bond donors (Lipinski definition) is 2. The first kappa shape index (κ1) is 14.6. The van der Waals surface area contributed by atoms with Crippen LogP contribution in [-0.4, -0.2) is 35.0 Å². The van der Waals surface area contributed by atoms with E-state index in [1.165, 1.54) is 11.4 Å². The van der Waals surface area contributed by atoms with Gasteiger partial charge in [0, 0.05) is 43.8 Å². The Morgan fingerprint density at radius 2 is 2.20 bits per heavy atom.